The molecule has 5 atom stereocenters. The average molecular weight is 267 g/mol. The molecule has 0 heterocycles. The van der Waals surface area contributed by atoms with Crippen molar-refractivity contribution in [1.82, 2.24) is 0 Å². The lowest BCUT2D eigenvalue weighted by Crippen LogP contribution is -2.47. The predicted octanol–water partition coefficient (Wildman–Crippen LogP) is 2.32. The molecule has 2 bridgehead atoms. The number of fused-ring (bicyclic) bond motifs is 2. The molecule has 5 unspecified atom stereocenters. The summed E-state index contributed by atoms with van der Waals surface area (Å²) < 4.78 is 6.32. The van der Waals surface area contributed by atoms with Crippen LogP contribution in [0.4, 0.5) is 0 Å². The van der Waals surface area contributed by atoms with Gasteiger partial charge in [0.25, 0.3) is 0 Å². The van der Waals surface area contributed by atoms with Crippen LogP contribution in [0.15, 0.2) is 0 Å². The highest BCUT2D eigenvalue weighted by Gasteiger charge is 2.62. The molecule has 0 saturated heterocycles. The van der Waals surface area contributed by atoms with E-state index in [-0.39, 0.29) is 30.3 Å². The first-order valence-corrected chi connectivity index (χ1v) is 7.92. The minimum absolute atomic E-state index is 0.0239. The van der Waals surface area contributed by atoms with Crippen LogP contribution in [0.3, 0.4) is 0 Å². The summed E-state index contributed by atoms with van der Waals surface area (Å²) in [7, 11) is 0. The van der Waals surface area contributed by atoms with Crippen molar-refractivity contribution in [2.45, 2.75) is 71.1 Å². The molecule has 110 valence electrons. The molecule has 3 N–H and O–H groups in total. The van der Waals surface area contributed by atoms with Gasteiger partial charge in [-0.15, -0.1) is 0 Å². The smallest absolute Gasteiger partial charge is 0.0962 e. The van der Waals surface area contributed by atoms with Crippen molar-refractivity contribution in [2.24, 2.45) is 28.4 Å². The van der Waals surface area contributed by atoms with E-state index in [0.29, 0.717) is 11.3 Å². The average Bonchev–Trinajstić information content (AvgIpc) is 3.15. The number of aliphatic hydroxyl groups is 1. The number of hydrogen-bond acceptors (Lipinski definition) is 3. The molecule has 19 heavy (non-hydrogen) atoms. The van der Waals surface area contributed by atoms with E-state index in [4.69, 9.17) is 10.5 Å². The standard InChI is InChI=1S/C16H29NO2/c1-15(2)11-6-7-16(15,3)13(8-11)19-12(9-18)14(17)10-4-5-10/h10-14,18H,4-9,17H2,1-3H3. The van der Waals surface area contributed by atoms with E-state index in [9.17, 15) is 5.11 Å². The van der Waals surface area contributed by atoms with Gasteiger partial charge in [0.15, 0.2) is 0 Å². The van der Waals surface area contributed by atoms with E-state index >= 15 is 0 Å². The van der Waals surface area contributed by atoms with Gasteiger partial charge in [0.2, 0.25) is 0 Å². The van der Waals surface area contributed by atoms with Crippen molar-refractivity contribution < 1.29 is 9.84 Å². The maximum Gasteiger partial charge on any atom is 0.0962 e. The van der Waals surface area contributed by atoms with Gasteiger partial charge in [0.1, 0.15) is 0 Å². The van der Waals surface area contributed by atoms with Crippen LogP contribution in [0.25, 0.3) is 0 Å². The highest BCUT2D eigenvalue weighted by molar-refractivity contribution is 5.11. The minimum Gasteiger partial charge on any atom is -0.394 e. The van der Waals surface area contributed by atoms with Gasteiger partial charge in [-0.3, -0.25) is 0 Å². The van der Waals surface area contributed by atoms with E-state index in [0.717, 1.165) is 12.3 Å². The highest BCUT2D eigenvalue weighted by atomic mass is 16.5. The lowest BCUT2D eigenvalue weighted by Gasteiger charge is -2.41. The largest absolute Gasteiger partial charge is 0.394 e. The molecule has 3 fully saturated rings. The molecule has 3 rings (SSSR count). The van der Waals surface area contributed by atoms with Crippen molar-refractivity contribution in [1.29, 1.82) is 0 Å². The molecule has 3 aliphatic rings. The third kappa shape index (κ3) is 1.97. The van der Waals surface area contributed by atoms with Gasteiger partial charge in [-0.2, -0.15) is 0 Å². The molecule has 0 spiro atoms. The van der Waals surface area contributed by atoms with Gasteiger partial charge in [-0.05, 0) is 54.8 Å². The zero-order valence-electron chi connectivity index (χ0n) is 12.6. The van der Waals surface area contributed by atoms with Gasteiger partial charge in [0, 0.05) is 6.04 Å². The summed E-state index contributed by atoms with van der Waals surface area (Å²) in [5, 5.41) is 9.61. The second-order valence-corrected chi connectivity index (χ2v) is 7.87. The summed E-state index contributed by atoms with van der Waals surface area (Å²) in [6.45, 7) is 7.22. The Kier molecular flexibility index (Phi) is 3.23. The Labute approximate surface area is 116 Å². The molecule has 3 heteroatoms. The Morgan fingerprint density at radius 2 is 1.95 bits per heavy atom. The van der Waals surface area contributed by atoms with Gasteiger partial charge in [-0.1, -0.05) is 20.8 Å². The van der Waals surface area contributed by atoms with E-state index in [1.54, 1.807) is 0 Å². The van der Waals surface area contributed by atoms with E-state index in [2.05, 4.69) is 20.8 Å². The molecule has 0 aromatic carbocycles. The van der Waals surface area contributed by atoms with Gasteiger partial charge in [-0.25, -0.2) is 0 Å². The SMILES string of the molecule is CC1(C)C2CCC1(C)C(OC(CO)C(N)C1CC1)C2. The summed E-state index contributed by atoms with van der Waals surface area (Å²) in [5.41, 5.74) is 6.86. The van der Waals surface area contributed by atoms with Gasteiger partial charge >= 0.3 is 0 Å². The second-order valence-electron chi connectivity index (χ2n) is 7.87. The molecule has 0 radical (unpaired) electrons. The van der Waals surface area contributed by atoms with E-state index in [1.165, 1.54) is 25.7 Å². The number of aliphatic hydroxyl groups excluding tert-OH is 1. The predicted molar refractivity (Wildman–Crippen MR) is 75.7 cm³/mol. The highest BCUT2D eigenvalue weighted by Crippen LogP contribution is 2.66. The minimum atomic E-state index is -0.163. The second kappa shape index (κ2) is 4.44. The molecule has 3 nitrogen and oxygen atoms in total. The van der Waals surface area contributed by atoms with Crippen LogP contribution in [0.2, 0.25) is 0 Å². The van der Waals surface area contributed by atoms with Crippen LogP contribution in [-0.4, -0.2) is 30.0 Å². The van der Waals surface area contributed by atoms with Crippen molar-refractivity contribution in [2.75, 3.05) is 6.61 Å². The fourth-order valence-corrected chi connectivity index (χ4v) is 4.59. The Morgan fingerprint density at radius 3 is 2.37 bits per heavy atom. The quantitative estimate of drug-likeness (QED) is 0.803. The van der Waals surface area contributed by atoms with Crippen molar-refractivity contribution >= 4 is 0 Å². The molecule has 0 aromatic heterocycles. The Hall–Kier alpha value is -0.120. The maximum atomic E-state index is 9.61. The first kappa shape index (κ1) is 13.8. The zero-order valence-corrected chi connectivity index (χ0v) is 12.6. The number of nitrogens with two attached hydrogens (primary N) is 1. The molecule has 3 aliphatic carbocycles. The number of rotatable bonds is 5. The van der Waals surface area contributed by atoms with Crippen LogP contribution in [0, 0.1) is 22.7 Å². The molecular formula is C16H29NO2. The summed E-state index contributed by atoms with van der Waals surface area (Å²) in [6.07, 6.45) is 6.27. The van der Waals surface area contributed by atoms with Crippen molar-refractivity contribution in [3.63, 3.8) is 0 Å². The lowest BCUT2D eigenvalue weighted by atomic mass is 9.70. The molecule has 0 aromatic rings. The first-order valence-electron chi connectivity index (χ1n) is 7.92. The van der Waals surface area contributed by atoms with E-state index in [1.807, 2.05) is 0 Å². The normalized spacial score (nSPS) is 43.4. The lowest BCUT2D eigenvalue weighted by molar-refractivity contribution is -0.110. The van der Waals surface area contributed by atoms with Crippen molar-refractivity contribution in [3.05, 3.63) is 0 Å². The first-order chi connectivity index (χ1) is 8.90. The Morgan fingerprint density at radius 1 is 1.26 bits per heavy atom. The summed E-state index contributed by atoms with van der Waals surface area (Å²) in [6, 6.07) is 0.0239. The zero-order chi connectivity index (χ0) is 13.8. The van der Waals surface area contributed by atoms with Crippen molar-refractivity contribution in [3.8, 4) is 0 Å². The van der Waals surface area contributed by atoms with Crippen LogP contribution in [0.1, 0.15) is 52.9 Å². The molecule has 3 saturated carbocycles. The third-order valence-electron chi connectivity index (χ3n) is 6.83. The summed E-state index contributed by atoms with van der Waals surface area (Å²) >= 11 is 0. The molecular weight excluding hydrogens is 238 g/mol. The van der Waals surface area contributed by atoms with Gasteiger partial charge in [0.05, 0.1) is 18.8 Å². The summed E-state index contributed by atoms with van der Waals surface area (Å²) in [4.78, 5) is 0. The number of hydrogen-bond donors (Lipinski definition) is 2. The van der Waals surface area contributed by atoms with Crippen LogP contribution in [-0.2, 0) is 4.74 Å². The number of ether oxygens (including phenoxy) is 1. The fourth-order valence-electron chi connectivity index (χ4n) is 4.59. The maximum absolute atomic E-state index is 9.61. The van der Waals surface area contributed by atoms with E-state index < -0.39 is 0 Å². The fraction of sp³-hybridized carbons (Fsp3) is 1.00. The Balaban J connectivity index is 1.70. The monoisotopic (exact) mass is 267 g/mol. The van der Waals surface area contributed by atoms with Crippen LogP contribution in [0.5, 0.6) is 0 Å². The van der Waals surface area contributed by atoms with Crippen LogP contribution >= 0.6 is 0 Å². The van der Waals surface area contributed by atoms with Gasteiger partial charge < -0.3 is 15.6 Å². The summed E-state index contributed by atoms with van der Waals surface area (Å²) in [5.74, 6) is 1.36. The molecule has 0 aliphatic heterocycles. The topological polar surface area (TPSA) is 55.5 Å². The third-order valence-corrected chi connectivity index (χ3v) is 6.83. The Bertz CT molecular complexity index is 353. The molecule has 0 amide bonds. The van der Waals surface area contributed by atoms with Crippen LogP contribution < -0.4 is 5.73 Å².